The first kappa shape index (κ1) is 11.1. The van der Waals surface area contributed by atoms with Crippen molar-refractivity contribution in [3.63, 3.8) is 0 Å². The van der Waals surface area contributed by atoms with E-state index in [0.717, 1.165) is 0 Å². The Kier molecular flexibility index (Phi) is 5.30. The summed E-state index contributed by atoms with van der Waals surface area (Å²) in [6.07, 6.45) is 0. The van der Waals surface area contributed by atoms with Gasteiger partial charge in [-0.2, -0.15) is 0 Å². The number of rotatable bonds is 4. The van der Waals surface area contributed by atoms with Gasteiger partial charge in [0.2, 0.25) is 0 Å². The molecule has 0 radical (unpaired) electrons. The van der Waals surface area contributed by atoms with Gasteiger partial charge in [0.05, 0.1) is 13.1 Å². The van der Waals surface area contributed by atoms with Crippen LogP contribution < -0.4 is 11.2 Å². The molecule has 12 heavy (non-hydrogen) atoms. The summed E-state index contributed by atoms with van der Waals surface area (Å²) < 4.78 is 4.12. The average molecular weight is 192 g/mol. The molecular weight excluding hydrogens is 184 g/mol. The van der Waals surface area contributed by atoms with E-state index in [1.165, 1.54) is 0 Å². The van der Waals surface area contributed by atoms with Crippen LogP contribution in [0.25, 0.3) is 0 Å². The fourth-order valence-corrected chi connectivity index (χ4v) is 0.452. The molecule has 0 aliphatic heterocycles. The number of carbonyl (C=O) groups excluding carboxylic acids is 2. The molecule has 0 unspecified atom stereocenters. The van der Waals surface area contributed by atoms with Crippen LogP contribution >= 0.6 is 12.2 Å². The van der Waals surface area contributed by atoms with Gasteiger partial charge >= 0.3 is 11.9 Å². The van der Waals surface area contributed by atoms with Crippen LogP contribution in [0.5, 0.6) is 0 Å². The fraction of sp³-hybridized carbons (Fsp3) is 0.400. The summed E-state index contributed by atoms with van der Waals surface area (Å²) in [7, 11) is 0. The summed E-state index contributed by atoms with van der Waals surface area (Å²) >= 11 is 4.45. The average Bonchev–Trinajstić information content (AvgIpc) is 2.04. The van der Waals surface area contributed by atoms with Crippen molar-refractivity contribution in [2.24, 2.45) is 5.73 Å². The minimum absolute atomic E-state index is 0.223. The second-order valence-electron chi connectivity index (χ2n) is 1.72. The normalized spacial score (nSPS) is 9.17. The molecular formula is C5H8N2O4S. The lowest BCUT2D eigenvalue weighted by molar-refractivity contribution is -0.153. The van der Waals surface area contributed by atoms with E-state index < -0.39 is 11.9 Å². The van der Waals surface area contributed by atoms with Gasteiger partial charge in [-0.25, -0.2) is 10.3 Å². The SMILES string of the molecule is NCC(=O)OC(=O)C(=S)CNO. The highest BCUT2D eigenvalue weighted by Gasteiger charge is 2.13. The first-order chi connectivity index (χ1) is 5.61. The van der Waals surface area contributed by atoms with Crippen molar-refractivity contribution < 1.29 is 19.5 Å². The van der Waals surface area contributed by atoms with Gasteiger partial charge in [-0.05, 0) is 0 Å². The van der Waals surface area contributed by atoms with Crippen LogP contribution in [0.4, 0.5) is 0 Å². The Morgan fingerprint density at radius 3 is 2.58 bits per heavy atom. The number of ether oxygens (including phenoxy) is 1. The summed E-state index contributed by atoms with van der Waals surface area (Å²) in [5.74, 6) is -1.83. The maximum absolute atomic E-state index is 10.7. The van der Waals surface area contributed by atoms with Crippen molar-refractivity contribution in [2.45, 2.75) is 0 Å². The van der Waals surface area contributed by atoms with Crippen molar-refractivity contribution in [3.05, 3.63) is 0 Å². The number of hydroxylamine groups is 1. The molecule has 0 amide bonds. The summed E-state index contributed by atoms with van der Waals surface area (Å²) in [5, 5.41) is 8.12. The van der Waals surface area contributed by atoms with Gasteiger partial charge in [0, 0.05) is 0 Å². The van der Waals surface area contributed by atoms with Gasteiger partial charge in [0.1, 0.15) is 4.86 Å². The first-order valence-corrected chi connectivity index (χ1v) is 3.37. The van der Waals surface area contributed by atoms with Crippen molar-refractivity contribution in [3.8, 4) is 0 Å². The lowest BCUT2D eigenvalue weighted by Crippen LogP contribution is -2.30. The maximum atomic E-state index is 10.7. The van der Waals surface area contributed by atoms with Gasteiger partial charge in [0.25, 0.3) is 0 Å². The van der Waals surface area contributed by atoms with Crippen LogP contribution in [0.3, 0.4) is 0 Å². The Morgan fingerprint density at radius 1 is 1.58 bits per heavy atom. The molecule has 0 aromatic rings. The molecule has 0 saturated carbocycles. The highest BCUT2D eigenvalue weighted by molar-refractivity contribution is 7.82. The van der Waals surface area contributed by atoms with Crippen LogP contribution in [-0.4, -0.2) is 35.1 Å². The van der Waals surface area contributed by atoms with Gasteiger partial charge < -0.3 is 15.7 Å². The Morgan fingerprint density at radius 2 is 2.17 bits per heavy atom. The smallest absolute Gasteiger partial charge is 0.354 e. The standard InChI is InChI=1S/C5H8N2O4S/c6-1-4(8)11-5(9)3(12)2-7-10/h7,10H,1-2,6H2. The number of carbonyl (C=O) groups is 2. The van der Waals surface area contributed by atoms with E-state index >= 15 is 0 Å². The van der Waals surface area contributed by atoms with Crippen LogP contribution in [-0.2, 0) is 14.3 Å². The molecule has 0 rings (SSSR count). The van der Waals surface area contributed by atoms with E-state index in [1.807, 2.05) is 0 Å². The number of nitrogens with two attached hydrogens (primary N) is 1. The summed E-state index contributed by atoms with van der Waals surface area (Å²) in [6.45, 7) is -0.618. The number of hydrogen-bond acceptors (Lipinski definition) is 7. The third-order valence-electron chi connectivity index (χ3n) is 0.840. The molecule has 0 aromatic heterocycles. The van der Waals surface area contributed by atoms with Crippen LogP contribution in [0.15, 0.2) is 0 Å². The lowest BCUT2D eigenvalue weighted by Gasteiger charge is -2.00. The van der Waals surface area contributed by atoms with E-state index in [9.17, 15) is 9.59 Å². The quantitative estimate of drug-likeness (QED) is 0.212. The molecule has 0 bridgehead atoms. The number of hydrogen-bond donors (Lipinski definition) is 3. The van der Waals surface area contributed by atoms with Gasteiger partial charge in [-0.1, -0.05) is 12.2 Å². The summed E-state index contributed by atoms with van der Waals surface area (Å²) in [6, 6.07) is 0. The molecule has 0 saturated heterocycles. The molecule has 4 N–H and O–H groups in total. The second kappa shape index (κ2) is 5.72. The maximum Gasteiger partial charge on any atom is 0.354 e. The molecule has 68 valence electrons. The largest absolute Gasteiger partial charge is 0.388 e. The molecule has 7 heteroatoms. The van der Waals surface area contributed by atoms with Crippen molar-refractivity contribution >= 4 is 29.0 Å². The third-order valence-corrected chi connectivity index (χ3v) is 1.15. The van der Waals surface area contributed by atoms with E-state index in [-0.39, 0.29) is 18.0 Å². The molecule has 0 atom stereocenters. The first-order valence-electron chi connectivity index (χ1n) is 2.96. The van der Waals surface area contributed by atoms with Gasteiger partial charge in [0.15, 0.2) is 0 Å². The third kappa shape index (κ3) is 4.09. The molecule has 0 aliphatic carbocycles. The monoisotopic (exact) mass is 192 g/mol. The number of nitrogens with one attached hydrogen (secondary N) is 1. The van der Waals surface area contributed by atoms with Crippen molar-refractivity contribution in [2.75, 3.05) is 13.1 Å². The van der Waals surface area contributed by atoms with Gasteiger partial charge in [-0.15, -0.1) is 0 Å². The van der Waals surface area contributed by atoms with Crippen molar-refractivity contribution in [1.29, 1.82) is 0 Å². The molecule has 0 aliphatic rings. The van der Waals surface area contributed by atoms with Crippen LogP contribution in [0.2, 0.25) is 0 Å². The highest BCUT2D eigenvalue weighted by atomic mass is 32.1. The number of esters is 2. The zero-order valence-electron chi connectivity index (χ0n) is 6.07. The van der Waals surface area contributed by atoms with E-state index in [4.69, 9.17) is 10.9 Å². The van der Waals surface area contributed by atoms with E-state index in [1.54, 1.807) is 5.48 Å². The molecule has 0 aromatic carbocycles. The predicted octanol–water partition coefficient (Wildman–Crippen LogP) is -1.64. The minimum atomic E-state index is -0.970. The van der Waals surface area contributed by atoms with Crippen LogP contribution in [0, 0.1) is 0 Å². The van der Waals surface area contributed by atoms with Crippen LogP contribution in [0.1, 0.15) is 0 Å². The lowest BCUT2D eigenvalue weighted by atomic mass is 10.4. The Labute approximate surface area is 73.6 Å². The van der Waals surface area contributed by atoms with E-state index in [0.29, 0.717) is 0 Å². The zero-order valence-corrected chi connectivity index (χ0v) is 6.89. The Bertz CT molecular complexity index is 206. The number of thiocarbonyl (C=S) groups is 1. The van der Waals surface area contributed by atoms with Gasteiger partial charge in [-0.3, -0.25) is 4.79 Å². The minimum Gasteiger partial charge on any atom is -0.388 e. The molecule has 6 nitrogen and oxygen atoms in total. The summed E-state index contributed by atoms with van der Waals surface area (Å²) in [4.78, 5) is 20.9. The fourth-order valence-electron chi connectivity index (χ4n) is 0.346. The van der Waals surface area contributed by atoms with E-state index in [2.05, 4.69) is 17.0 Å². The Hall–Kier alpha value is -0.890. The molecule has 0 heterocycles. The molecule has 0 fully saturated rings. The highest BCUT2D eigenvalue weighted by Crippen LogP contribution is 1.84. The van der Waals surface area contributed by atoms with Crippen molar-refractivity contribution in [1.82, 2.24) is 5.48 Å². The summed E-state index contributed by atoms with van der Waals surface area (Å²) in [5.41, 5.74) is 6.51. The Balaban J connectivity index is 3.87. The zero-order chi connectivity index (χ0) is 9.56. The predicted molar refractivity (Wildman–Crippen MR) is 42.5 cm³/mol. The molecule has 0 spiro atoms. The second-order valence-corrected chi connectivity index (χ2v) is 2.22. The topological polar surface area (TPSA) is 102 Å².